The number of hydrogen-bond acceptors (Lipinski definition) is 2. The highest BCUT2D eigenvalue weighted by atomic mass is 15.1. The molecule has 0 saturated heterocycles. The molecule has 0 spiro atoms. The molecule has 0 saturated carbocycles. The summed E-state index contributed by atoms with van der Waals surface area (Å²) in [7, 11) is 0. The topological polar surface area (TPSA) is 29.3 Å². The van der Waals surface area contributed by atoms with E-state index in [1.165, 1.54) is 32.4 Å². The van der Waals surface area contributed by atoms with E-state index in [1.807, 2.05) is 0 Å². The van der Waals surface area contributed by atoms with E-state index in [1.54, 1.807) is 0 Å². The zero-order valence-corrected chi connectivity index (χ0v) is 10.4. The Balaban J connectivity index is 3.63. The van der Waals surface area contributed by atoms with Gasteiger partial charge in [0.05, 0.1) is 0 Å². The smallest absolute Gasteiger partial charge is 0.00387 e. The van der Waals surface area contributed by atoms with E-state index in [0.29, 0.717) is 6.04 Å². The predicted molar refractivity (Wildman–Crippen MR) is 64.5 cm³/mol. The van der Waals surface area contributed by atoms with Crippen LogP contribution in [0.25, 0.3) is 0 Å². The van der Waals surface area contributed by atoms with E-state index < -0.39 is 0 Å². The lowest BCUT2D eigenvalue weighted by Gasteiger charge is -2.28. The Hall–Kier alpha value is -0.0800. The van der Waals surface area contributed by atoms with Gasteiger partial charge in [-0.15, -0.1) is 0 Å². The minimum absolute atomic E-state index is 0.676. The molecule has 2 N–H and O–H groups in total. The lowest BCUT2D eigenvalue weighted by Crippen LogP contribution is -2.35. The maximum Gasteiger partial charge on any atom is 0.00387 e. The van der Waals surface area contributed by atoms with Crippen molar-refractivity contribution < 1.29 is 0 Å². The van der Waals surface area contributed by atoms with Crippen LogP contribution >= 0.6 is 0 Å². The summed E-state index contributed by atoms with van der Waals surface area (Å²) >= 11 is 0. The molecule has 86 valence electrons. The van der Waals surface area contributed by atoms with E-state index in [2.05, 4.69) is 32.6 Å². The van der Waals surface area contributed by atoms with Gasteiger partial charge in [0.15, 0.2) is 0 Å². The van der Waals surface area contributed by atoms with E-state index in [0.717, 1.165) is 12.5 Å². The second kappa shape index (κ2) is 8.25. The molecule has 0 aromatic carbocycles. The first-order valence-electron chi connectivity index (χ1n) is 6.02. The van der Waals surface area contributed by atoms with Gasteiger partial charge in [0.25, 0.3) is 0 Å². The molecule has 2 heteroatoms. The van der Waals surface area contributed by atoms with Crippen molar-refractivity contribution in [3.05, 3.63) is 0 Å². The summed E-state index contributed by atoms with van der Waals surface area (Å²) < 4.78 is 0. The fourth-order valence-electron chi connectivity index (χ4n) is 1.67. The molecule has 0 amide bonds. The lowest BCUT2D eigenvalue weighted by molar-refractivity contribution is 0.194. The summed E-state index contributed by atoms with van der Waals surface area (Å²) in [6.45, 7) is 12.4. The van der Waals surface area contributed by atoms with E-state index in [4.69, 9.17) is 5.73 Å². The van der Waals surface area contributed by atoms with E-state index >= 15 is 0 Å². The third-order valence-corrected chi connectivity index (χ3v) is 2.48. The average molecular weight is 200 g/mol. The molecular weight excluding hydrogens is 172 g/mol. The Morgan fingerprint density at radius 1 is 1.00 bits per heavy atom. The van der Waals surface area contributed by atoms with Crippen molar-refractivity contribution in [2.24, 2.45) is 11.7 Å². The maximum atomic E-state index is 5.47. The van der Waals surface area contributed by atoms with Crippen LogP contribution in [0.3, 0.4) is 0 Å². The minimum atomic E-state index is 0.676. The van der Waals surface area contributed by atoms with Gasteiger partial charge in [-0.3, -0.25) is 0 Å². The van der Waals surface area contributed by atoms with E-state index in [-0.39, 0.29) is 0 Å². The van der Waals surface area contributed by atoms with Crippen LogP contribution in [0.15, 0.2) is 0 Å². The van der Waals surface area contributed by atoms with Crippen molar-refractivity contribution in [3.8, 4) is 0 Å². The number of nitrogens with two attached hydrogens (primary N) is 1. The highest BCUT2D eigenvalue weighted by Gasteiger charge is 2.09. The average Bonchev–Trinajstić information content (AvgIpc) is 2.09. The van der Waals surface area contributed by atoms with Crippen molar-refractivity contribution in [1.82, 2.24) is 4.90 Å². The third-order valence-electron chi connectivity index (χ3n) is 2.48. The Kier molecular flexibility index (Phi) is 8.20. The normalized spacial score (nSPS) is 12.0. The highest BCUT2D eigenvalue weighted by molar-refractivity contribution is 4.64. The van der Waals surface area contributed by atoms with Gasteiger partial charge in [-0.25, -0.2) is 0 Å². The van der Waals surface area contributed by atoms with E-state index in [9.17, 15) is 0 Å². The molecule has 0 atom stereocenters. The van der Waals surface area contributed by atoms with Gasteiger partial charge in [0.2, 0.25) is 0 Å². The van der Waals surface area contributed by atoms with Gasteiger partial charge in [-0.05, 0) is 45.7 Å². The summed E-state index contributed by atoms with van der Waals surface area (Å²) in [4.78, 5) is 2.57. The van der Waals surface area contributed by atoms with Gasteiger partial charge >= 0.3 is 0 Å². The Labute approximate surface area is 89.9 Å². The quantitative estimate of drug-likeness (QED) is 0.610. The van der Waals surface area contributed by atoms with Crippen molar-refractivity contribution in [3.63, 3.8) is 0 Å². The third kappa shape index (κ3) is 7.34. The number of hydrogen-bond donors (Lipinski definition) is 1. The first-order chi connectivity index (χ1) is 6.57. The molecule has 0 radical (unpaired) electrons. The summed E-state index contributed by atoms with van der Waals surface area (Å²) in [6.07, 6.45) is 3.74. The number of nitrogens with zero attached hydrogens (tertiary/aromatic N) is 1. The molecule has 0 rings (SSSR count). The summed E-state index contributed by atoms with van der Waals surface area (Å²) in [5.74, 6) is 0.770. The van der Waals surface area contributed by atoms with Crippen molar-refractivity contribution >= 4 is 0 Å². The highest BCUT2D eigenvalue weighted by Crippen LogP contribution is 2.06. The Morgan fingerprint density at radius 2 is 1.64 bits per heavy atom. The minimum Gasteiger partial charge on any atom is -0.330 e. The van der Waals surface area contributed by atoms with Crippen LogP contribution in [0.1, 0.15) is 47.0 Å². The molecule has 0 unspecified atom stereocenters. The van der Waals surface area contributed by atoms with Crippen LogP contribution in [0.5, 0.6) is 0 Å². The van der Waals surface area contributed by atoms with Crippen LogP contribution in [0.4, 0.5) is 0 Å². The molecule has 0 aliphatic rings. The molecule has 2 nitrogen and oxygen atoms in total. The van der Waals surface area contributed by atoms with Gasteiger partial charge in [0, 0.05) is 12.6 Å². The lowest BCUT2D eigenvalue weighted by atomic mass is 10.1. The molecule has 0 aromatic rings. The number of unbranched alkanes of at least 4 members (excludes halogenated alkanes) is 2. The Morgan fingerprint density at radius 3 is 2.07 bits per heavy atom. The molecule has 0 heterocycles. The second-order valence-electron chi connectivity index (χ2n) is 4.83. The second-order valence-corrected chi connectivity index (χ2v) is 4.83. The predicted octanol–water partition coefficient (Wildman–Crippen LogP) is 2.48. The molecule has 0 aliphatic heterocycles. The van der Waals surface area contributed by atoms with Crippen molar-refractivity contribution in [2.75, 3.05) is 19.6 Å². The molecule has 0 aliphatic carbocycles. The maximum absolute atomic E-state index is 5.47. The van der Waals surface area contributed by atoms with Crippen LogP contribution < -0.4 is 5.73 Å². The van der Waals surface area contributed by atoms with Crippen LogP contribution in [0, 0.1) is 5.92 Å². The van der Waals surface area contributed by atoms with Crippen molar-refractivity contribution in [2.45, 2.75) is 53.0 Å². The number of rotatable bonds is 8. The monoisotopic (exact) mass is 200 g/mol. The molecular formula is C12H28N2. The molecule has 0 aromatic heterocycles. The summed E-state index contributed by atoms with van der Waals surface area (Å²) in [5, 5.41) is 0. The van der Waals surface area contributed by atoms with Gasteiger partial charge in [-0.1, -0.05) is 20.3 Å². The largest absolute Gasteiger partial charge is 0.330 e. The van der Waals surface area contributed by atoms with Gasteiger partial charge in [0.1, 0.15) is 0 Å². The van der Waals surface area contributed by atoms with Crippen LogP contribution in [-0.4, -0.2) is 30.6 Å². The van der Waals surface area contributed by atoms with Crippen LogP contribution in [0.2, 0.25) is 0 Å². The molecule has 0 bridgehead atoms. The fourth-order valence-corrected chi connectivity index (χ4v) is 1.67. The first kappa shape index (κ1) is 13.9. The summed E-state index contributed by atoms with van der Waals surface area (Å²) in [5.41, 5.74) is 5.47. The summed E-state index contributed by atoms with van der Waals surface area (Å²) in [6, 6.07) is 0.676. The fraction of sp³-hybridized carbons (Fsp3) is 1.00. The Bertz CT molecular complexity index is 121. The van der Waals surface area contributed by atoms with Crippen molar-refractivity contribution in [1.29, 1.82) is 0 Å². The van der Waals surface area contributed by atoms with Gasteiger partial charge < -0.3 is 10.6 Å². The first-order valence-corrected chi connectivity index (χ1v) is 6.02. The molecule has 14 heavy (non-hydrogen) atoms. The zero-order chi connectivity index (χ0) is 11.0. The molecule has 0 fully saturated rings. The van der Waals surface area contributed by atoms with Crippen LogP contribution in [-0.2, 0) is 0 Å². The SMILES string of the molecule is CC(C)CN(CCCCCN)C(C)C. The zero-order valence-electron chi connectivity index (χ0n) is 10.4. The standard InChI is InChI=1S/C12H28N2/c1-11(2)10-14(12(3)4)9-7-5-6-8-13/h11-12H,5-10,13H2,1-4H3. The van der Waals surface area contributed by atoms with Gasteiger partial charge in [-0.2, -0.15) is 0 Å².